The van der Waals surface area contributed by atoms with Gasteiger partial charge in [-0.05, 0) is 35.9 Å². The van der Waals surface area contributed by atoms with Crippen molar-refractivity contribution < 1.29 is 18.7 Å². The highest BCUT2D eigenvalue weighted by Gasteiger charge is 2.26. The van der Waals surface area contributed by atoms with E-state index in [0.717, 1.165) is 5.56 Å². The van der Waals surface area contributed by atoms with Crippen molar-refractivity contribution in [3.8, 4) is 5.75 Å². The Balaban J connectivity index is 1.76. The molecule has 1 aliphatic heterocycles. The average Bonchev–Trinajstić information content (AvgIpc) is 2.62. The first kappa shape index (κ1) is 15.4. The zero-order chi connectivity index (χ0) is 16.2. The van der Waals surface area contributed by atoms with Crippen molar-refractivity contribution in [2.45, 2.75) is 6.10 Å². The number of methoxy groups -OCH3 is 1. The zero-order valence-corrected chi connectivity index (χ0v) is 12.7. The number of amides is 1. The second kappa shape index (κ2) is 6.75. The lowest BCUT2D eigenvalue weighted by molar-refractivity contribution is -0.0228. The van der Waals surface area contributed by atoms with Crippen molar-refractivity contribution >= 4 is 5.91 Å². The lowest BCUT2D eigenvalue weighted by atomic mass is 10.1. The summed E-state index contributed by atoms with van der Waals surface area (Å²) in [5.74, 6) is -0.635. The first-order valence-electron chi connectivity index (χ1n) is 7.33. The molecule has 1 unspecified atom stereocenters. The summed E-state index contributed by atoms with van der Waals surface area (Å²) in [7, 11) is 1.39. The lowest BCUT2D eigenvalue weighted by Crippen LogP contribution is -2.42. The van der Waals surface area contributed by atoms with Crippen LogP contribution in [0.1, 0.15) is 22.0 Å². The maximum atomic E-state index is 13.8. The van der Waals surface area contributed by atoms with Gasteiger partial charge in [0.2, 0.25) is 0 Å². The molecule has 1 aromatic heterocycles. The molecule has 1 aliphatic rings. The van der Waals surface area contributed by atoms with Crippen LogP contribution in [0.15, 0.2) is 42.7 Å². The maximum absolute atomic E-state index is 13.8. The van der Waals surface area contributed by atoms with Crippen molar-refractivity contribution in [2.75, 3.05) is 26.8 Å². The van der Waals surface area contributed by atoms with Crippen LogP contribution in [0.25, 0.3) is 0 Å². The number of pyridine rings is 1. The predicted molar refractivity (Wildman–Crippen MR) is 81.8 cm³/mol. The van der Waals surface area contributed by atoms with Crippen molar-refractivity contribution in [3.05, 3.63) is 59.7 Å². The number of benzene rings is 1. The van der Waals surface area contributed by atoms with E-state index in [4.69, 9.17) is 9.47 Å². The second-order valence-electron chi connectivity index (χ2n) is 5.24. The first-order valence-corrected chi connectivity index (χ1v) is 7.33. The van der Waals surface area contributed by atoms with Crippen LogP contribution in [0.4, 0.5) is 4.39 Å². The minimum absolute atomic E-state index is 0.123. The van der Waals surface area contributed by atoms with Crippen molar-refractivity contribution in [1.29, 1.82) is 0 Å². The SMILES string of the molecule is COc1ccc(C(=O)N2CCOC(c3ccncc3)C2)cc1F. The van der Waals surface area contributed by atoms with Gasteiger partial charge in [0, 0.05) is 24.5 Å². The van der Waals surface area contributed by atoms with Crippen molar-refractivity contribution in [1.82, 2.24) is 9.88 Å². The molecule has 1 aromatic carbocycles. The molecule has 1 fully saturated rings. The minimum atomic E-state index is -0.544. The first-order chi connectivity index (χ1) is 11.2. The Labute approximate surface area is 133 Å². The van der Waals surface area contributed by atoms with Crippen LogP contribution in [0.3, 0.4) is 0 Å². The third-order valence-electron chi connectivity index (χ3n) is 3.83. The summed E-state index contributed by atoms with van der Waals surface area (Å²) in [4.78, 5) is 18.2. The van der Waals surface area contributed by atoms with E-state index in [2.05, 4.69) is 4.98 Å². The van der Waals surface area contributed by atoms with E-state index >= 15 is 0 Å². The highest BCUT2D eigenvalue weighted by atomic mass is 19.1. The Hall–Kier alpha value is -2.47. The average molecular weight is 316 g/mol. The fourth-order valence-corrected chi connectivity index (χ4v) is 2.60. The fourth-order valence-electron chi connectivity index (χ4n) is 2.60. The zero-order valence-electron chi connectivity index (χ0n) is 12.7. The van der Waals surface area contributed by atoms with E-state index in [1.54, 1.807) is 23.4 Å². The number of hydrogen-bond donors (Lipinski definition) is 0. The quantitative estimate of drug-likeness (QED) is 0.873. The summed E-state index contributed by atoms with van der Waals surface area (Å²) >= 11 is 0. The number of aromatic nitrogens is 1. The van der Waals surface area contributed by atoms with Crippen LogP contribution in [-0.2, 0) is 4.74 Å². The number of morpholine rings is 1. The van der Waals surface area contributed by atoms with Crippen LogP contribution in [0.2, 0.25) is 0 Å². The summed E-state index contributed by atoms with van der Waals surface area (Å²) in [6.07, 6.45) is 3.19. The van der Waals surface area contributed by atoms with E-state index < -0.39 is 5.82 Å². The van der Waals surface area contributed by atoms with Crippen LogP contribution in [0.5, 0.6) is 5.75 Å². The second-order valence-corrected chi connectivity index (χ2v) is 5.24. The summed E-state index contributed by atoms with van der Waals surface area (Å²) in [5, 5.41) is 0. The van der Waals surface area contributed by atoms with Crippen LogP contribution in [0, 0.1) is 5.82 Å². The normalized spacial score (nSPS) is 17.8. The molecule has 0 saturated carbocycles. The number of carbonyl (C=O) groups is 1. The predicted octanol–water partition coefficient (Wildman–Crippen LogP) is 2.44. The molecule has 5 nitrogen and oxygen atoms in total. The fraction of sp³-hybridized carbons (Fsp3) is 0.294. The van der Waals surface area contributed by atoms with Gasteiger partial charge in [-0.3, -0.25) is 9.78 Å². The number of nitrogens with zero attached hydrogens (tertiary/aromatic N) is 2. The molecule has 0 bridgehead atoms. The van der Waals surface area contributed by atoms with Crippen LogP contribution in [-0.4, -0.2) is 42.6 Å². The smallest absolute Gasteiger partial charge is 0.254 e. The Morgan fingerprint density at radius 3 is 2.83 bits per heavy atom. The van der Waals surface area contributed by atoms with Crippen LogP contribution < -0.4 is 4.74 Å². The largest absolute Gasteiger partial charge is 0.494 e. The van der Waals surface area contributed by atoms with Gasteiger partial charge in [-0.25, -0.2) is 4.39 Å². The van der Waals surface area contributed by atoms with Gasteiger partial charge in [-0.2, -0.15) is 0 Å². The molecule has 6 heteroatoms. The lowest BCUT2D eigenvalue weighted by Gasteiger charge is -2.33. The molecule has 0 radical (unpaired) electrons. The van der Waals surface area contributed by atoms with Gasteiger partial charge in [0.15, 0.2) is 11.6 Å². The molecule has 0 aliphatic carbocycles. The molecule has 1 saturated heterocycles. The van der Waals surface area contributed by atoms with Gasteiger partial charge in [0.05, 0.1) is 20.3 Å². The standard InChI is InChI=1S/C17H17FN2O3/c1-22-15-3-2-13(10-14(15)18)17(21)20-8-9-23-16(11-20)12-4-6-19-7-5-12/h2-7,10,16H,8-9,11H2,1H3. The molecule has 120 valence electrons. The van der Waals surface area contributed by atoms with E-state index in [1.807, 2.05) is 12.1 Å². The topological polar surface area (TPSA) is 51.7 Å². The highest BCUT2D eigenvalue weighted by molar-refractivity contribution is 5.94. The summed E-state index contributed by atoms with van der Waals surface area (Å²) in [5.41, 5.74) is 1.28. The van der Waals surface area contributed by atoms with Gasteiger partial charge in [0.25, 0.3) is 5.91 Å². The Morgan fingerprint density at radius 1 is 1.35 bits per heavy atom. The number of carbonyl (C=O) groups excluding carboxylic acids is 1. The maximum Gasteiger partial charge on any atom is 0.254 e. The number of halogens is 1. The third-order valence-corrected chi connectivity index (χ3v) is 3.83. The third kappa shape index (κ3) is 3.32. The van der Waals surface area contributed by atoms with Crippen molar-refractivity contribution in [3.63, 3.8) is 0 Å². The highest BCUT2D eigenvalue weighted by Crippen LogP contribution is 2.24. The minimum Gasteiger partial charge on any atom is -0.494 e. The Bertz CT molecular complexity index is 693. The van der Waals surface area contributed by atoms with E-state index in [9.17, 15) is 9.18 Å². The molecular formula is C17H17FN2O3. The Kier molecular flexibility index (Phi) is 4.52. The molecule has 1 amide bonds. The Morgan fingerprint density at radius 2 is 2.13 bits per heavy atom. The molecule has 0 spiro atoms. The number of rotatable bonds is 3. The summed E-state index contributed by atoms with van der Waals surface area (Å²) in [6.45, 7) is 1.35. The summed E-state index contributed by atoms with van der Waals surface area (Å²) in [6, 6.07) is 7.97. The van der Waals surface area contributed by atoms with Gasteiger partial charge in [-0.1, -0.05) is 0 Å². The van der Waals surface area contributed by atoms with E-state index in [0.29, 0.717) is 25.3 Å². The monoisotopic (exact) mass is 316 g/mol. The van der Waals surface area contributed by atoms with Gasteiger partial charge in [-0.15, -0.1) is 0 Å². The molecule has 1 atom stereocenters. The molecular weight excluding hydrogens is 299 g/mol. The van der Waals surface area contributed by atoms with Gasteiger partial charge in [0.1, 0.15) is 6.10 Å². The van der Waals surface area contributed by atoms with Gasteiger partial charge >= 0.3 is 0 Å². The molecule has 2 aromatic rings. The van der Waals surface area contributed by atoms with Crippen molar-refractivity contribution in [2.24, 2.45) is 0 Å². The molecule has 23 heavy (non-hydrogen) atoms. The van der Waals surface area contributed by atoms with Crippen LogP contribution >= 0.6 is 0 Å². The summed E-state index contributed by atoms with van der Waals surface area (Å²) < 4.78 is 24.4. The molecule has 2 heterocycles. The number of ether oxygens (including phenoxy) is 2. The molecule has 0 N–H and O–H groups in total. The number of hydrogen-bond acceptors (Lipinski definition) is 4. The van der Waals surface area contributed by atoms with E-state index in [1.165, 1.54) is 19.2 Å². The molecule has 3 rings (SSSR count). The van der Waals surface area contributed by atoms with Gasteiger partial charge < -0.3 is 14.4 Å². The van der Waals surface area contributed by atoms with E-state index in [-0.39, 0.29) is 17.8 Å².